The van der Waals surface area contributed by atoms with E-state index in [-0.39, 0.29) is 5.91 Å². The summed E-state index contributed by atoms with van der Waals surface area (Å²) in [4.78, 5) is 37.6. The van der Waals surface area contributed by atoms with Gasteiger partial charge in [0.25, 0.3) is 11.8 Å². The van der Waals surface area contributed by atoms with E-state index in [2.05, 4.69) is 10.7 Å². The Morgan fingerprint density at radius 3 is 2.50 bits per heavy atom. The highest BCUT2D eigenvalue weighted by molar-refractivity contribution is 6.09. The Morgan fingerprint density at radius 1 is 1.04 bits per heavy atom. The Morgan fingerprint density at radius 2 is 1.77 bits per heavy atom. The Balaban J connectivity index is 1.52. The molecule has 7 nitrogen and oxygen atoms in total. The molecule has 1 spiro atoms. The zero-order valence-corrected chi connectivity index (χ0v) is 14.3. The van der Waals surface area contributed by atoms with Gasteiger partial charge in [0.05, 0.1) is 0 Å². The van der Waals surface area contributed by atoms with E-state index >= 15 is 0 Å². The van der Waals surface area contributed by atoms with E-state index in [0.29, 0.717) is 18.4 Å². The SMILES string of the molecule is O=C(NN1C(=O)NC2(CCCCC2)C1=O)c1cccc(-n2cccc2)c1. The highest BCUT2D eigenvalue weighted by atomic mass is 16.2. The largest absolute Gasteiger partial charge is 0.344 e. The van der Waals surface area contributed by atoms with Crippen molar-refractivity contribution < 1.29 is 14.4 Å². The van der Waals surface area contributed by atoms with Gasteiger partial charge in [-0.2, -0.15) is 5.01 Å². The second-order valence-electron chi connectivity index (χ2n) is 6.80. The fraction of sp³-hybridized carbons (Fsp3) is 0.316. The lowest BCUT2D eigenvalue weighted by molar-refractivity contribution is -0.134. The van der Waals surface area contributed by atoms with Crippen LogP contribution in [0.5, 0.6) is 0 Å². The molecule has 2 fully saturated rings. The van der Waals surface area contributed by atoms with Crippen LogP contribution in [0.15, 0.2) is 48.8 Å². The molecule has 1 aromatic carbocycles. The first-order valence-corrected chi connectivity index (χ1v) is 8.80. The van der Waals surface area contributed by atoms with E-state index in [1.807, 2.05) is 35.2 Å². The monoisotopic (exact) mass is 352 g/mol. The van der Waals surface area contributed by atoms with Crippen LogP contribution < -0.4 is 10.7 Å². The molecule has 134 valence electrons. The molecular formula is C19H20N4O3. The number of hydrazine groups is 1. The number of imide groups is 1. The number of nitrogens with one attached hydrogen (secondary N) is 2. The average molecular weight is 352 g/mol. The summed E-state index contributed by atoms with van der Waals surface area (Å²) in [6, 6.07) is 10.2. The van der Waals surface area contributed by atoms with Crippen molar-refractivity contribution in [3.8, 4) is 5.69 Å². The third kappa shape index (κ3) is 2.75. The third-order valence-corrected chi connectivity index (χ3v) is 5.09. The normalized spacial score (nSPS) is 18.8. The first kappa shape index (κ1) is 16.4. The maximum absolute atomic E-state index is 12.7. The van der Waals surface area contributed by atoms with Crippen molar-refractivity contribution in [3.05, 3.63) is 54.4 Å². The summed E-state index contributed by atoms with van der Waals surface area (Å²) in [6.45, 7) is 0. The Labute approximate surface area is 150 Å². The van der Waals surface area contributed by atoms with Gasteiger partial charge in [0, 0.05) is 23.6 Å². The topological polar surface area (TPSA) is 83.4 Å². The minimum Gasteiger partial charge on any atom is -0.324 e. The van der Waals surface area contributed by atoms with Crippen LogP contribution in [0.2, 0.25) is 0 Å². The van der Waals surface area contributed by atoms with E-state index in [9.17, 15) is 14.4 Å². The van der Waals surface area contributed by atoms with Gasteiger partial charge >= 0.3 is 6.03 Å². The Bertz CT molecular complexity index is 853. The number of nitrogens with zero attached hydrogens (tertiary/aromatic N) is 2. The van der Waals surface area contributed by atoms with Gasteiger partial charge in [0.15, 0.2) is 0 Å². The number of amides is 4. The minimum absolute atomic E-state index is 0.364. The lowest BCUT2D eigenvalue weighted by Crippen LogP contribution is -2.50. The maximum atomic E-state index is 12.7. The molecule has 26 heavy (non-hydrogen) atoms. The van der Waals surface area contributed by atoms with Crippen LogP contribution in [-0.4, -0.2) is 33.0 Å². The first-order valence-electron chi connectivity index (χ1n) is 8.80. The van der Waals surface area contributed by atoms with Crippen LogP contribution in [0.3, 0.4) is 0 Å². The van der Waals surface area contributed by atoms with Gasteiger partial charge in [0.2, 0.25) is 0 Å². The fourth-order valence-electron chi connectivity index (χ4n) is 3.70. The molecule has 2 aromatic rings. The van der Waals surface area contributed by atoms with Crippen molar-refractivity contribution in [1.29, 1.82) is 0 Å². The van der Waals surface area contributed by atoms with Crippen LogP contribution >= 0.6 is 0 Å². The molecule has 1 aliphatic heterocycles. The number of hydrogen-bond donors (Lipinski definition) is 2. The summed E-state index contributed by atoms with van der Waals surface area (Å²) in [6.07, 6.45) is 7.84. The molecule has 4 amide bonds. The first-order chi connectivity index (χ1) is 12.6. The third-order valence-electron chi connectivity index (χ3n) is 5.09. The van der Waals surface area contributed by atoms with Crippen LogP contribution in [-0.2, 0) is 4.79 Å². The van der Waals surface area contributed by atoms with Crippen LogP contribution in [0, 0.1) is 0 Å². The van der Waals surface area contributed by atoms with Crippen LogP contribution in [0.25, 0.3) is 5.69 Å². The van der Waals surface area contributed by atoms with E-state index in [4.69, 9.17) is 0 Å². The quantitative estimate of drug-likeness (QED) is 0.832. The average Bonchev–Trinajstić information content (AvgIpc) is 3.27. The molecule has 1 aliphatic carbocycles. The van der Waals surface area contributed by atoms with Crippen LogP contribution in [0.1, 0.15) is 42.5 Å². The molecular weight excluding hydrogens is 332 g/mol. The summed E-state index contributed by atoms with van der Waals surface area (Å²) in [7, 11) is 0. The molecule has 1 saturated heterocycles. The standard InChI is InChI=1S/C19H20N4O3/c24-16(14-7-6-8-15(13-14)22-11-4-5-12-22)21-23-17(25)19(20-18(23)26)9-2-1-3-10-19/h4-8,11-13H,1-3,9-10H2,(H,20,26)(H,21,24). The predicted molar refractivity (Wildman–Crippen MR) is 94.4 cm³/mol. The van der Waals surface area contributed by atoms with Gasteiger partial charge in [-0.25, -0.2) is 4.79 Å². The molecule has 0 bridgehead atoms. The van der Waals surface area contributed by atoms with E-state index in [1.165, 1.54) is 0 Å². The molecule has 7 heteroatoms. The van der Waals surface area contributed by atoms with Crippen molar-refractivity contribution >= 4 is 17.8 Å². The second-order valence-corrected chi connectivity index (χ2v) is 6.80. The lowest BCUT2D eigenvalue weighted by atomic mass is 9.82. The molecule has 2 heterocycles. The number of urea groups is 1. The molecule has 1 aromatic heterocycles. The number of hydrogen-bond acceptors (Lipinski definition) is 3. The van der Waals surface area contributed by atoms with Crippen molar-refractivity contribution in [2.75, 3.05) is 0 Å². The molecule has 0 unspecified atom stereocenters. The lowest BCUT2D eigenvalue weighted by Gasteiger charge is -2.30. The zero-order chi connectivity index (χ0) is 18.1. The maximum Gasteiger partial charge on any atom is 0.344 e. The van der Waals surface area contributed by atoms with Crippen molar-refractivity contribution in [2.24, 2.45) is 0 Å². The Kier molecular flexibility index (Phi) is 3.99. The smallest absolute Gasteiger partial charge is 0.324 e. The number of carbonyl (C=O) groups is 3. The molecule has 4 rings (SSSR count). The number of benzene rings is 1. The van der Waals surface area contributed by atoms with Gasteiger partial charge in [0.1, 0.15) is 5.54 Å². The van der Waals surface area contributed by atoms with Gasteiger partial charge in [-0.1, -0.05) is 25.3 Å². The summed E-state index contributed by atoms with van der Waals surface area (Å²) in [5, 5.41) is 3.61. The number of carbonyl (C=O) groups excluding carboxylic acids is 3. The molecule has 2 N–H and O–H groups in total. The molecule has 0 atom stereocenters. The van der Waals surface area contributed by atoms with Crippen molar-refractivity contribution in [1.82, 2.24) is 20.3 Å². The van der Waals surface area contributed by atoms with Gasteiger partial charge < -0.3 is 9.88 Å². The summed E-state index contributed by atoms with van der Waals surface area (Å²) in [5.74, 6) is -0.854. The number of rotatable bonds is 3. The molecule has 0 radical (unpaired) electrons. The Hall–Kier alpha value is -3.09. The van der Waals surface area contributed by atoms with Crippen LogP contribution in [0.4, 0.5) is 4.79 Å². The van der Waals surface area contributed by atoms with Crippen molar-refractivity contribution in [2.45, 2.75) is 37.6 Å². The van der Waals surface area contributed by atoms with E-state index in [1.54, 1.807) is 18.2 Å². The minimum atomic E-state index is -0.852. The molecule has 1 saturated carbocycles. The number of aromatic nitrogens is 1. The summed E-state index contributed by atoms with van der Waals surface area (Å²) < 4.78 is 1.88. The highest BCUT2D eigenvalue weighted by Crippen LogP contribution is 2.33. The second kappa shape index (κ2) is 6.33. The summed E-state index contributed by atoms with van der Waals surface area (Å²) >= 11 is 0. The van der Waals surface area contributed by atoms with Crippen molar-refractivity contribution in [3.63, 3.8) is 0 Å². The van der Waals surface area contributed by atoms with E-state index < -0.39 is 17.5 Å². The summed E-state index contributed by atoms with van der Waals surface area (Å²) in [5.41, 5.74) is 2.81. The predicted octanol–water partition coefficient (Wildman–Crippen LogP) is 2.38. The fourth-order valence-corrected chi connectivity index (χ4v) is 3.70. The highest BCUT2D eigenvalue weighted by Gasteiger charge is 2.52. The molecule has 2 aliphatic rings. The zero-order valence-electron chi connectivity index (χ0n) is 14.3. The van der Waals surface area contributed by atoms with Gasteiger partial charge in [-0.15, -0.1) is 0 Å². The van der Waals surface area contributed by atoms with E-state index in [0.717, 1.165) is 30.0 Å². The van der Waals surface area contributed by atoms with Gasteiger partial charge in [-0.3, -0.25) is 15.0 Å². The van der Waals surface area contributed by atoms with Gasteiger partial charge in [-0.05, 0) is 43.2 Å².